The SMILES string of the molecule is Cc1ccc(NC(=O)CCC2CCCCC2)cc1NC(=O)c1ccc(N)cc1. The molecule has 1 fully saturated rings. The van der Waals surface area contributed by atoms with E-state index in [1.165, 1.54) is 32.1 Å². The highest BCUT2D eigenvalue weighted by Crippen LogP contribution is 2.27. The van der Waals surface area contributed by atoms with Gasteiger partial charge >= 0.3 is 0 Å². The summed E-state index contributed by atoms with van der Waals surface area (Å²) in [5.74, 6) is 0.515. The van der Waals surface area contributed by atoms with Crippen LogP contribution in [0.2, 0.25) is 0 Å². The number of benzene rings is 2. The topological polar surface area (TPSA) is 84.2 Å². The van der Waals surface area contributed by atoms with Crippen molar-refractivity contribution < 1.29 is 9.59 Å². The maximum absolute atomic E-state index is 12.4. The van der Waals surface area contributed by atoms with Crippen molar-refractivity contribution in [3.8, 4) is 0 Å². The maximum Gasteiger partial charge on any atom is 0.255 e. The molecule has 3 rings (SSSR count). The van der Waals surface area contributed by atoms with Crippen LogP contribution in [0, 0.1) is 12.8 Å². The first-order valence-corrected chi connectivity index (χ1v) is 10.1. The second-order valence-corrected chi connectivity index (χ2v) is 7.70. The van der Waals surface area contributed by atoms with Gasteiger partial charge in [-0.1, -0.05) is 38.2 Å². The fourth-order valence-corrected chi connectivity index (χ4v) is 3.70. The van der Waals surface area contributed by atoms with Crippen LogP contribution in [0.15, 0.2) is 42.5 Å². The zero-order chi connectivity index (χ0) is 19.9. The highest BCUT2D eigenvalue weighted by molar-refractivity contribution is 6.05. The first-order valence-electron chi connectivity index (χ1n) is 10.1. The minimum absolute atomic E-state index is 0.0326. The molecule has 28 heavy (non-hydrogen) atoms. The molecule has 148 valence electrons. The third-order valence-electron chi connectivity index (χ3n) is 5.45. The molecule has 2 aromatic carbocycles. The number of carbonyl (C=O) groups excluding carboxylic acids is 2. The Morgan fingerprint density at radius 3 is 2.43 bits per heavy atom. The Labute approximate surface area is 166 Å². The first kappa shape index (κ1) is 19.9. The second-order valence-electron chi connectivity index (χ2n) is 7.70. The van der Waals surface area contributed by atoms with Crippen LogP contribution < -0.4 is 16.4 Å². The van der Waals surface area contributed by atoms with E-state index in [1.807, 2.05) is 25.1 Å². The van der Waals surface area contributed by atoms with Gasteiger partial charge in [-0.2, -0.15) is 0 Å². The Hall–Kier alpha value is -2.82. The summed E-state index contributed by atoms with van der Waals surface area (Å²) in [6.07, 6.45) is 7.92. The lowest BCUT2D eigenvalue weighted by molar-refractivity contribution is -0.116. The van der Waals surface area contributed by atoms with Gasteiger partial charge in [0, 0.05) is 29.0 Å². The molecule has 0 aliphatic heterocycles. The van der Waals surface area contributed by atoms with Crippen LogP contribution in [0.4, 0.5) is 17.1 Å². The van der Waals surface area contributed by atoms with Crippen molar-refractivity contribution in [1.29, 1.82) is 0 Å². The molecule has 5 heteroatoms. The van der Waals surface area contributed by atoms with Gasteiger partial charge in [-0.25, -0.2) is 0 Å². The predicted molar refractivity (Wildman–Crippen MR) is 114 cm³/mol. The molecular formula is C23H29N3O2. The van der Waals surface area contributed by atoms with Crippen LogP contribution >= 0.6 is 0 Å². The first-order chi connectivity index (χ1) is 13.5. The average molecular weight is 380 g/mol. The summed E-state index contributed by atoms with van der Waals surface area (Å²) in [6, 6.07) is 12.4. The molecule has 5 nitrogen and oxygen atoms in total. The minimum atomic E-state index is -0.205. The third-order valence-corrected chi connectivity index (χ3v) is 5.45. The number of anilines is 3. The largest absolute Gasteiger partial charge is 0.399 e. The van der Waals surface area contributed by atoms with Crippen molar-refractivity contribution in [3.63, 3.8) is 0 Å². The Bertz CT molecular complexity index is 824. The van der Waals surface area contributed by atoms with E-state index in [-0.39, 0.29) is 11.8 Å². The molecule has 0 heterocycles. The normalized spacial score (nSPS) is 14.5. The van der Waals surface area contributed by atoms with E-state index in [2.05, 4.69) is 10.6 Å². The van der Waals surface area contributed by atoms with Crippen molar-refractivity contribution in [2.75, 3.05) is 16.4 Å². The van der Waals surface area contributed by atoms with Gasteiger partial charge in [-0.3, -0.25) is 9.59 Å². The number of amides is 2. The van der Waals surface area contributed by atoms with E-state index >= 15 is 0 Å². The maximum atomic E-state index is 12.4. The minimum Gasteiger partial charge on any atom is -0.399 e. The summed E-state index contributed by atoms with van der Waals surface area (Å²) >= 11 is 0. The Morgan fingerprint density at radius 2 is 1.71 bits per heavy atom. The summed E-state index contributed by atoms with van der Waals surface area (Å²) in [4.78, 5) is 24.8. The van der Waals surface area contributed by atoms with Crippen LogP contribution in [0.25, 0.3) is 0 Å². The van der Waals surface area contributed by atoms with Gasteiger partial charge in [0.05, 0.1) is 0 Å². The van der Waals surface area contributed by atoms with Gasteiger partial charge in [0.15, 0.2) is 0 Å². The fraction of sp³-hybridized carbons (Fsp3) is 0.391. The van der Waals surface area contributed by atoms with Gasteiger partial charge in [0.2, 0.25) is 5.91 Å². The average Bonchev–Trinajstić information content (AvgIpc) is 2.70. The standard InChI is InChI=1S/C23H29N3O2/c1-16-7-13-20(25-22(27)14-8-17-5-3-2-4-6-17)15-21(16)26-23(28)18-9-11-19(24)12-10-18/h7,9-13,15,17H,2-6,8,14,24H2,1H3,(H,25,27)(H,26,28). The molecule has 0 atom stereocenters. The lowest BCUT2D eigenvalue weighted by Gasteiger charge is -2.21. The van der Waals surface area contributed by atoms with Crippen molar-refractivity contribution in [1.82, 2.24) is 0 Å². The number of hydrogen-bond donors (Lipinski definition) is 3. The molecule has 1 aliphatic rings. The van der Waals surface area contributed by atoms with Gasteiger partial charge in [-0.05, 0) is 61.2 Å². The quantitative estimate of drug-likeness (QED) is 0.608. The number of nitrogen functional groups attached to an aromatic ring is 1. The van der Waals surface area contributed by atoms with E-state index in [1.54, 1.807) is 24.3 Å². The molecule has 1 aliphatic carbocycles. The molecule has 4 N–H and O–H groups in total. The summed E-state index contributed by atoms with van der Waals surface area (Å²) < 4.78 is 0. The highest BCUT2D eigenvalue weighted by atomic mass is 16.2. The molecule has 0 aromatic heterocycles. The highest BCUT2D eigenvalue weighted by Gasteiger charge is 2.15. The Balaban J connectivity index is 1.58. The fourth-order valence-electron chi connectivity index (χ4n) is 3.70. The summed E-state index contributed by atoms with van der Waals surface area (Å²) in [5.41, 5.74) is 9.15. The van der Waals surface area contributed by atoms with E-state index in [9.17, 15) is 9.59 Å². The number of nitrogens with one attached hydrogen (secondary N) is 2. The molecule has 2 amide bonds. The number of rotatable bonds is 6. The molecule has 2 aromatic rings. The monoisotopic (exact) mass is 379 g/mol. The zero-order valence-corrected chi connectivity index (χ0v) is 16.5. The van der Waals surface area contributed by atoms with Crippen LogP contribution in [0.1, 0.15) is 60.9 Å². The van der Waals surface area contributed by atoms with Crippen molar-refractivity contribution in [2.24, 2.45) is 5.92 Å². The summed E-state index contributed by atoms with van der Waals surface area (Å²) in [7, 11) is 0. The van der Waals surface area contributed by atoms with Crippen LogP contribution in [0.3, 0.4) is 0 Å². The summed E-state index contributed by atoms with van der Waals surface area (Å²) in [5, 5.41) is 5.88. The number of aryl methyl sites for hydroxylation is 1. The second kappa shape index (κ2) is 9.40. The van der Waals surface area contributed by atoms with Gasteiger partial charge in [-0.15, -0.1) is 0 Å². The van der Waals surface area contributed by atoms with E-state index in [0.29, 0.717) is 35.0 Å². The smallest absolute Gasteiger partial charge is 0.255 e. The van der Waals surface area contributed by atoms with Crippen molar-refractivity contribution >= 4 is 28.9 Å². The molecule has 0 saturated heterocycles. The molecule has 0 unspecified atom stereocenters. The van der Waals surface area contributed by atoms with E-state index in [0.717, 1.165) is 12.0 Å². The lowest BCUT2D eigenvalue weighted by atomic mass is 9.86. The van der Waals surface area contributed by atoms with Crippen LogP contribution in [-0.4, -0.2) is 11.8 Å². The lowest BCUT2D eigenvalue weighted by Crippen LogP contribution is -2.16. The Kier molecular flexibility index (Phi) is 6.69. The van der Waals surface area contributed by atoms with Crippen molar-refractivity contribution in [3.05, 3.63) is 53.6 Å². The molecular weight excluding hydrogens is 350 g/mol. The number of nitrogens with two attached hydrogens (primary N) is 1. The zero-order valence-electron chi connectivity index (χ0n) is 16.5. The van der Waals surface area contributed by atoms with E-state index in [4.69, 9.17) is 5.73 Å². The van der Waals surface area contributed by atoms with Crippen molar-refractivity contribution in [2.45, 2.75) is 51.9 Å². The molecule has 0 spiro atoms. The van der Waals surface area contributed by atoms with Crippen LogP contribution in [-0.2, 0) is 4.79 Å². The Morgan fingerprint density at radius 1 is 1.00 bits per heavy atom. The molecule has 0 radical (unpaired) electrons. The molecule has 1 saturated carbocycles. The summed E-state index contributed by atoms with van der Waals surface area (Å²) in [6.45, 7) is 1.92. The number of carbonyl (C=O) groups is 2. The van der Waals surface area contributed by atoms with Crippen LogP contribution in [0.5, 0.6) is 0 Å². The van der Waals surface area contributed by atoms with Gasteiger partial charge in [0.1, 0.15) is 0 Å². The molecule has 0 bridgehead atoms. The van der Waals surface area contributed by atoms with Gasteiger partial charge in [0.25, 0.3) is 5.91 Å². The number of hydrogen-bond acceptors (Lipinski definition) is 3. The predicted octanol–water partition coefficient (Wildman–Crippen LogP) is 5.13. The van der Waals surface area contributed by atoms with E-state index < -0.39 is 0 Å². The third kappa shape index (κ3) is 5.59. The van der Waals surface area contributed by atoms with Gasteiger partial charge < -0.3 is 16.4 Å².